The zero-order valence-corrected chi connectivity index (χ0v) is 11.8. The molecule has 0 spiro atoms. The van der Waals surface area contributed by atoms with Gasteiger partial charge in [0.25, 0.3) is 0 Å². The van der Waals surface area contributed by atoms with E-state index in [9.17, 15) is 0 Å². The lowest BCUT2D eigenvalue weighted by molar-refractivity contribution is 0.398. The van der Waals surface area contributed by atoms with Gasteiger partial charge in [-0.2, -0.15) is 0 Å². The Labute approximate surface area is 111 Å². The van der Waals surface area contributed by atoms with Crippen molar-refractivity contribution in [1.29, 1.82) is 0 Å². The number of nitrogens with one attached hydrogen (secondary N) is 1. The Morgan fingerprint density at radius 2 is 2.22 bits per heavy atom. The molecule has 0 saturated heterocycles. The lowest BCUT2D eigenvalue weighted by Gasteiger charge is -2.12. The molecule has 0 bridgehead atoms. The van der Waals surface area contributed by atoms with Crippen LogP contribution in [0.25, 0.3) is 10.6 Å². The third kappa shape index (κ3) is 2.76. The Bertz CT molecular complexity index is 494. The summed E-state index contributed by atoms with van der Waals surface area (Å²) < 4.78 is 5.05. The molecule has 1 unspecified atom stereocenters. The summed E-state index contributed by atoms with van der Waals surface area (Å²) in [6, 6.07) is 0.288. The fourth-order valence-electron chi connectivity index (χ4n) is 1.71. The minimum atomic E-state index is 0.288. The highest BCUT2D eigenvalue weighted by Crippen LogP contribution is 2.29. The average molecular weight is 266 g/mol. The summed E-state index contributed by atoms with van der Waals surface area (Å²) in [5.41, 5.74) is 0.934. The van der Waals surface area contributed by atoms with E-state index in [0.29, 0.717) is 0 Å². The molecule has 2 aromatic heterocycles. The van der Waals surface area contributed by atoms with Gasteiger partial charge in [-0.15, -0.1) is 10.2 Å². The fraction of sp³-hybridized carbons (Fsp3) is 0.583. The monoisotopic (exact) mass is 266 g/mol. The topological polar surface area (TPSA) is 63.8 Å². The summed E-state index contributed by atoms with van der Waals surface area (Å²) >= 11 is 1.60. The highest BCUT2D eigenvalue weighted by Gasteiger charge is 2.17. The van der Waals surface area contributed by atoms with E-state index in [2.05, 4.69) is 34.5 Å². The van der Waals surface area contributed by atoms with Crippen molar-refractivity contribution < 1.29 is 4.52 Å². The maximum Gasteiger partial charge on any atom is 0.153 e. The van der Waals surface area contributed by atoms with Crippen molar-refractivity contribution in [3.8, 4) is 10.6 Å². The van der Waals surface area contributed by atoms with E-state index in [1.54, 1.807) is 17.5 Å². The van der Waals surface area contributed by atoms with Crippen LogP contribution < -0.4 is 5.32 Å². The van der Waals surface area contributed by atoms with E-state index in [-0.39, 0.29) is 6.04 Å². The van der Waals surface area contributed by atoms with E-state index < -0.39 is 0 Å². The summed E-state index contributed by atoms with van der Waals surface area (Å²) in [7, 11) is 0. The molecular formula is C12H18N4OS. The molecule has 1 atom stereocenters. The van der Waals surface area contributed by atoms with E-state index in [0.717, 1.165) is 40.7 Å². The van der Waals surface area contributed by atoms with Crippen molar-refractivity contribution in [3.05, 3.63) is 17.0 Å². The van der Waals surface area contributed by atoms with Crippen LogP contribution in [0.4, 0.5) is 0 Å². The molecule has 2 heterocycles. The first-order valence-corrected chi connectivity index (χ1v) is 7.06. The molecule has 0 amide bonds. The van der Waals surface area contributed by atoms with Gasteiger partial charge in [0.15, 0.2) is 5.01 Å². The maximum absolute atomic E-state index is 5.05. The van der Waals surface area contributed by atoms with Crippen LogP contribution in [-0.2, 0) is 0 Å². The molecule has 18 heavy (non-hydrogen) atoms. The lowest BCUT2D eigenvalue weighted by Crippen LogP contribution is -2.21. The molecular weight excluding hydrogens is 248 g/mol. The Morgan fingerprint density at radius 1 is 1.39 bits per heavy atom. The number of hydrogen-bond donors (Lipinski definition) is 1. The molecule has 2 aromatic rings. The van der Waals surface area contributed by atoms with E-state index in [1.165, 1.54) is 0 Å². The smallest absolute Gasteiger partial charge is 0.153 e. The van der Waals surface area contributed by atoms with Gasteiger partial charge in [0.05, 0.1) is 17.8 Å². The lowest BCUT2D eigenvalue weighted by atomic mass is 10.2. The van der Waals surface area contributed by atoms with Crippen LogP contribution in [0.3, 0.4) is 0 Å². The zero-order valence-electron chi connectivity index (χ0n) is 10.9. The molecule has 2 rings (SSSR count). The number of rotatable bonds is 6. The van der Waals surface area contributed by atoms with Crippen LogP contribution in [0.15, 0.2) is 10.7 Å². The molecule has 0 saturated carbocycles. The maximum atomic E-state index is 5.05. The van der Waals surface area contributed by atoms with Crippen LogP contribution in [0.2, 0.25) is 0 Å². The van der Waals surface area contributed by atoms with Crippen molar-refractivity contribution in [2.45, 2.75) is 39.7 Å². The number of aromatic nitrogens is 3. The first-order valence-electron chi connectivity index (χ1n) is 6.24. The minimum Gasteiger partial charge on any atom is -0.361 e. The van der Waals surface area contributed by atoms with Gasteiger partial charge in [0, 0.05) is 0 Å². The van der Waals surface area contributed by atoms with Gasteiger partial charge in [-0.25, -0.2) is 0 Å². The predicted molar refractivity (Wildman–Crippen MR) is 71.5 cm³/mol. The molecule has 0 aliphatic rings. The minimum absolute atomic E-state index is 0.288. The second-order valence-electron chi connectivity index (χ2n) is 4.16. The first kappa shape index (κ1) is 13.2. The molecule has 6 heteroatoms. The van der Waals surface area contributed by atoms with E-state index >= 15 is 0 Å². The van der Waals surface area contributed by atoms with Gasteiger partial charge in [0.2, 0.25) is 0 Å². The Balaban J connectivity index is 2.16. The SMILES string of the molecule is CCCNC(CC)c1nnc(-c2cnoc2C)s1. The Hall–Kier alpha value is -1.27. The van der Waals surface area contributed by atoms with Gasteiger partial charge < -0.3 is 9.84 Å². The van der Waals surface area contributed by atoms with Gasteiger partial charge in [0.1, 0.15) is 10.8 Å². The summed E-state index contributed by atoms with van der Waals surface area (Å²) in [6.45, 7) is 7.20. The van der Waals surface area contributed by atoms with Crippen LogP contribution in [0, 0.1) is 6.92 Å². The third-order valence-electron chi connectivity index (χ3n) is 2.77. The van der Waals surface area contributed by atoms with E-state index in [4.69, 9.17) is 4.52 Å². The predicted octanol–water partition coefficient (Wildman–Crippen LogP) is 2.95. The standard InChI is InChI=1S/C12H18N4OS/c1-4-6-13-10(5-2)12-16-15-11(18-12)9-7-14-17-8(9)3/h7,10,13H,4-6H2,1-3H3. The van der Waals surface area contributed by atoms with E-state index in [1.807, 2.05) is 6.92 Å². The molecule has 98 valence electrons. The number of nitrogens with zero attached hydrogens (tertiary/aromatic N) is 3. The summed E-state index contributed by atoms with van der Waals surface area (Å²) in [6.07, 6.45) is 3.82. The van der Waals surface area contributed by atoms with Crippen LogP contribution in [-0.4, -0.2) is 21.9 Å². The third-order valence-corrected chi connectivity index (χ3v) is 3.84. The Morgan fingerprint density at radius 3 is 2.83 bits per heavy atom. The average Bonchev–Trinajstić information content (AvgIpc) is 2.99. The largest absolute Gasteiger partial charge is 0.361 e. The molecule has 0 aromatic carbocycles. The number of hydrogen-bond acceptors (Lipinski definition) is 6. The molecule has 0 aliphatic carbocycles. The molecule has 0 fully saturated rings. The molecule has 5 nitrogen and oxygen atoms in total. The second kappa shape index (κ2) is 6.06. The van der Waals surface area contributed by atoms with Gasteiger partial charge >= 0.3 is 0 Å². The molecule has 0 radical (unpaired) electrons. The van der Waals surface area contributed by atoms with Crippen molar-refractivity contribution in [1.82, 2.24) is 20.7 Å². The van der Waals surface area contributed by atoms with Gasteiger partial charge in [-0.1, -0.05) is 30.3 Å². The molecule has 1 N–H and O–H groups in total. The summed E-state index contributed by atoms with van der Waals surface area (Å²) in [5, 5.41) is 17.7. The van der Waals surface area contributed by atoms with Crippen molar-refractivity contribution in [2.24, 2.45) is 0 Å². The zero-order chi connectivity index (χ0) is 13.0. The highest BCUT2D eigenvalue weighted by atomic mass is 32.1. The Kier molecular flexibility index (Phi) is 4.43. The van der Waals surface area contributed by atoms with Crippen molar-refractivity contribution >= 4 is 11.3 Å². The number of aryl methyl sites for hydroxylation is 1. The van der Waals surface area contributed by atoms with Gasteiger partial charge in [-0.05, 0) is 26.3 Å². The molecule has 0 aliphatic heterocycles. The quantitative estimate of drug-likeness (QED) is 0.871. The summed E-state index contributed by atoms with van der Waals surface area (Å²) in [5.74, 6) is 0.785. The first-order chi connectivity index (χ1) is 8.76. The van der Waals surface area contributed by atoms with Gasteiger partial charge in [-0.3, -0.25) is 0 Å². The second-order valence-corrected chi connectivity index (χ2v) is 5.17. The van der Waals surface area contributed by atoms with Crippen molar-refractivity contribution in [3.63, 3.8) is 0 Å². The summed E-state index contributed by atoms with van der Waals surface area (Å²) in [4.78, 5) is 0. The van der Waals surface area contributed by atoms with Crippen LogP contribution in [0.1, 0.15) is 43.5 Å². The van der Waals surface area contributed by atoms with Crippen molar-refractivity contribution in [2.75, 3.05) is 6.54 Å². The van der Waals surface area contributed by atoms with Crippen LogP contribution in [0.5, 0.6) is 0 Å². The fourth-order valence-corrected chi connectivity index (χ4v) is 2.77. The highest BCUT2D eigenvalue weighted by molar-refractivity contribution is 7.14. The normalized spacial score (nSPS) is 12.8. The van der Waals surface area contributed by atoms with Crippen LogP contribution >= 0.6 is 11.3 Å².